The summed E-state index contributed by atoms with van der Waals surface area (Å²) in [4.78, 5) is 55.2. The molecule has 5 aromatic rings. The second kappa shape index (κ2) is 14.6. The lowest BCUT2D eigenvalue weighted by Crippen LogP contribution is -2.30. The minimum atomic E-state index is -1.12. The van der Waals surface area contributed by atoms with Gasteiger partial charge in [0.1, 0.15) is 11.5 Å². The van der Waals surface area contributed by atoms with Crippen LogP contribution >= 0.6 is 22.7 Å². The van der Waals surface area contributed by atoms with Crippen LogP contribution in [0, 0.1) is 13.8 Å². The summed E-state index contributed by atoms with van der Waals surface area (Å²) in [5.41, 5.74) is 2.18. The average molecular weight is 652 g/mol. The zero-order chi connectivity index (χ0) is 32.7. The number of amides is 3. The van der Waals surface area contributed by atoms with Crippen LogP contribution in [-0.4, -0.2) is 50.5 Å². The smallest absolute Gasteiger partial charge is 0.371 e. The molecule has 13 nitrogen and oxygen atoms in total. The molecule has 15 heteroatoms. The number of aromatic nitrogens is 2. The van der Waals surface area contributed by atoms with Crippen LogP contribution in [0.5, 0.6) is 0 Å². The molecule has 4 aromatic heterocycles. The Labute approximate surface area is 265 Å². The van der Waals surface area contributed by atoms with Crippen LogP contribution in [0.2, 0.25) is 0 Å². The van der Waals surface area contributed by atoms with Crippen LogP contribution in [0.1, 0.15) is 58.0 Å². The molecule has 0 bridgehead atoms. The van der Waals surface area contributed by atoms with Crippen LogP contribution in [0.25, 0.3) is 21.3 Å². The van der Waals surface area contributed by atoms with Gasteiger partial charge in [-0.05, 0) is 43.7 Å². The third kappa shape index (κ3) is 8.50. The summed E-state index contributed by atoms with van der Waals surface area (Å²) in [6, 6.07) is 14.9. The molecule has 0 aliphatic heterocycles. The van der Waals surface area contributed by atoms with Crippen molar-refractivity contribution in [3.8, 4) is 21.3 Å². The number of thiazole rings is 2. The summed E-state index contributed by atoms with van der Waals surface area (Å²) in [5.74, 6) is -1.02. The normalized spacial score (nSPS) is 11.2. The third-order valence-electron chi connectivity index (χ3n) is 5.94. The Morgan fingerprint density at radius 1 is 0.778 bits per heavy atom. The van der Waals surface area contributed by atoms with Gasteiger partial charge in [-0.2, -0.15) is 0 Å². The Hall–Kier alpha value is -5.12. The lowest BCUT2D eigenvalue weighted by molar-refractivity contribution is -0.115. The van der Waals surface area contributed by atoms with E-state index in [1.807, 2.05) is 30.3 Å². The number of carbonyl (C=O) groups is 4. The van der Waals surface area contributed by atoms with Crippen LogP contribution in [0.3, 0.4) is 0 Å². The fourth-order valence-corrected chi connectivity index (χ4v) is 5.91. The minimum Gasteiger partial charge on any atom is -0.475 e. The standard InChI is InChI=1S/C19H19N3O4S.C11H10N2O4S/c1-11-17(27-19(20-11)21-12(2)24)15-8-9-16(26-15)18(25)22-14(10-23)13-6-4-3-5-7-13;1-5-9(18-11(12-5)13-6(2)14)7-3-4-8(17-7)10(15)16/h3-9,14,23H,10H2,1-2H3,(H,22,25)(H,20,21,24);3-4H,1-2H3,(H,15,16)(H,12,13,14)/t14-;/m0./s1. The summed E-state index contributed by atoms with van der Waals surface area (Å²) in [6.07, 6.45) is 0. The van der Waals surface area contributed by atoms with Gasteiger partial charge in [0, 0.05) is 13.8 Å². The monoisotopic (exact) mass is 651 g/mol. The molecular formula is C30H29N5O8S2. The number of benzene rings is 1. The van der Waals surface area contributed by atoms with E-state index < -0.39 is 17.9 Å². The van der Waals surface area contributed by atoms with E-state index in [0.29, 0.717) is 38.0 Å². The molecule has 1 atom stereocenters. The molecule has 0 unspecified atom stereocenters. The van der Waals surface area contributed by atoms with Crippen LogP contribution in [0.15, 0.2) is 63.4 Å². The molecule has 0 saturated heterocycles. The van der Waals surface area contributed by atoms with Gasteiger partial charge in [-0.15, -0.1) is 0 Å². The van der Waals surface area contributed by atoms with E-state index >= 15 is 0 Å². The summed E-state index contributed by atoms with van der Waals surface area (Å²) in [5, 5.41) is 27.3. The quantitative estimate of drug-likeness (QED) is 0.136. The predicted octanol–water partition coefficient (Wildman–Crippen LogP) is 5.50. The van der Waals surface area contributed by atoms with E-state index in [2.05, 4.69) is 25.9 Å². The molecule has 234 valence electrons. The highest BCUT2D eigenvalue weighted by Crippen LogP contribution is 2.35. The zero-order valence-corrected chi connectivity index (χ0v) is 26.2. The molecule has 0 saturated carbocycles. The van der Waals surface area contributed by atoms with Gasteiger partial charge in [0.2, 0.25) is 17.6 Å². The highest BCUT2D eigenvalue weighted by molar-refractivity contribution is 7.19. The first-order chi connectivity index (χ1) is 21.4. The molecule has 5 N–H and O–H groups in total. The summed E-state index contributed by atoms with van der Waals surface area (Å²) >= 11 is 2.51. The number of carboxylic acid groups (broad SMARTS) is 1. The number of nitrogens with one attached hydrogen (secondary N) is 3. The average Bonchev–Trinajstić information content (AvgIpc) is 3.79. The topological polar surface area (TPSA) is 197 Å². The molecule has 0 spiro atoms. The number of aromatic carboxylic acids is 1. The fourth-order valence-electron chi connectivity index (χ4n) is 3.96. The van der Waals surface area contributed by atoms with Crippen LogP contribution in [-0.2, 0) is 9.59 Å². The van der Waals surface area contributed by atoms with E-state index in [1.165, 1.54) is 42.6 Å². The number of rotatable bonds is 9. The molecule has 0 radical (unpaired) electrons. The summed E-state index contributed by atoms with van der Waals surface area (Å²) < 4.78 is 10.9. The molecule has 45 heavy (non-hydrogen) atoms. The lowest BCUT2D eigenvalue weighted by Gasteiger charge is -2.15. The minimum absolute atomic E-state index is 0.126. The Morgan fingerprint density at radius 2 is 1.27 bits per heavy atom. The van der Waals surface area contributed by atoms with Crippen molar-refractivity contribution in [3.05, 3.63) is 83.1 Å². The largest absolute Gasteiger partial charge is 0.475 e. The van der Waals surface area contributed by atoms with Crippen LogP contribution in [0.4, 0.5) is 10.3 Å². The zero-order valence-electron chi connectivity index (χ0n) is 24.5. The van der Waals surface area contributed by atoms with E-state index in [9.17, 15) is 24.3 Å². The fraction of sp³-hybridized carbons (Fsp3) is 0.200. The Morgan fingerprint density at radius 3 is 1.71 bits per heavy atom. The van der Waals surface area contributed by atoms with Gasteiger partial charge in [0.25, 0.3) is 5.91 Å². The third-order valence-corrected chi connectivity index (χ3v) is 8.12. The maximum absolute atomic E-state index is 12.5. The van der Waals surface area contributed by atoms with Crippen molar-refractivity contribution < 1.29 is 38.2 Å². The maximum Gasteiger partial charge on any atom is 0.371 e. The van der Waals surface area contributed by atoms with Gasteiger partial charge in [0.15, 0.2) is 16.0 Å². The van der Waals surface area contributed by atoms with Gasteiger partial charge in [-0.25, -0.2) is 14.8 Å². The first-order valence-corrected chi connectivity index (χ1v) is 15.0. The molecule has 4 heterocycles. The molecule has 0 aliphatic rings. The first-order valence-electron chi connectivity index (χ1n) is 13.4. The SMILES string of the molecule is CC(=O)Nc1nc(C)c(-c2ccc(C(=O)N[C@@H](CO)c3ccccc3)o2)s1.CC(=O)Nc1nc(C)c(-c2ccc(C(=O)O)o2)s1. The first kappa shape index (κ1) is 32.8. The summed E-state index contributed by atoms with van der Waals surface area (Å²) in [6.45, 7) is 6.15. The lowest BCUT2D eigenvalue weighted by atomic mass is 10.1. The number of furan rings is 2. The Balaban J connectivity index is 0.000000222. The van der Waals surface area contributed by atoms with Gasteiger partial charge >= 0.3 is 5.97 Å². The van der Waals surface area contributed by atoms with Crippen molar-refractivity contribution in [1.29, 1.82) is 0 Å². The highest BCUT2D eigenvalue weighted by Gasteiger charge is 2.20. The number of nitrogens with zero attached hydrogens (tertiary/aromatic N) is 2. The van der Waals surface area contributed by atoms with Gasteiger partial charge in [-0.1, -0.05) is 53.0 Å². The molecule has 0 aliphatic carbocycles. The number of aliphatic hydroxyl groups excluding tert-OH is 1. The molecular weight excluding hydrogens is 622 g/mol. The van der Waals surface area contributed by atoms with Gasteiger partial charge in [0.05, 0.1) is 33.8 Å². The van der Waals surface area contributed by atoms with Crippen molar-refractivity contribution in [2.75, 3.05) is 17.2 Å². The van der Waals surface area contributed by atoms with Crippen molar-refractivity contribution >= 4 is 56.6 Å². The number of carboxylic acids is 1. The van der Waals surface area contributed by atoms with Crippen molar-refractivity contribution in [2.24, 2.45) is 0 Å². The second-order valence-electron chi connectivity index (χ2n) is 9.48. The Kier molecular flexibility index (Phi) is 10.6. The molecule has 5 rings (SSSR count). The van der Waals surface area contributed by atoms with Crippen LogP contribution < -0.4 is 16.0 Å². The number of hydrogen-bond acceptors (Lipinski definition) is 11. The Bertz CT molecular complexity index is 1820. The maximum atomic E-state index is 12.5. The second-order valence-corrected chi connectivity index (χ2v) is 11.5. The number of aliphatic hydroxyl groups is 1. The number of anilines is 2. The summed E-state index contributed by atoms with van der Waals surface area (Å²) in [7, 11) is 0. The van der Waals surface area contributed by atoms with E-state index in [1.54, 1.807) is 32.0 Å². The van der Waals surface area contributed by atoms with Crippen molar-refractivity contribution in [1.82, 2.24) is 15.3 Å². The van der Waals surface area contributed by atoms with E-state index in [4.69, 9.17) is 13.9 Å². The highest BCUT2D eigenvalue weighted by atomic mass is 32.1. The number of aryl methyl sites for hydroxylation is 2. The van der Waals surface area contributed by atoms with Crippen molar-refractivity contribution in [2.45, 2.75) is 33.7 Å². The molecule has 3 amide bonds. The molecule has 0 fully saturated rings. The van der Waals surface area contributed by atoms with Gasteiger partial charge < -0.3 is 35.0 Å². The number of hydrogen-bond donors (Lipinski definition) is 5. The van der Waals surface area contributed by atoms with E-state index in [-0.39, 0.29) is 29.9 Å². The number of carbonyl (C=O) groups excluding carboxylic acids is 3. The predicted molar refractivity (Wildman–Crippen MR) is 168 cm³/mol. The van der Waals surface area contributed by atoms with Crippen molar-refractivity contribution in [3.63, 3.8) is 0 Å². The van der Waals surface area contributed by atoms with Gasteiger partial charge in [-0.3, -0.25) is 14.4 Å². The van der Waals surface area contributed by atoms with E-state index in [0.717, 1.165) is 10.4 Å². The molecule has 1 aromatic carbocycles.